The zero-order chi connectivity index (χ0) is 12.1. The van der Waals surface area contributed by atoms with Crippen molar-refractivity contribution in [3.8, 4) is 0 Å². The molecular weight excluding hydrogens is 228 g/mol. The second kappa shape index (κ2) is 5.98. The molecule has 3 heteroatoms. The quantitative estimate of drug-likeness (QED) is 0.845. The highest BCUT2D eigenvalue weighted by atomic mass is 32.1. The molecule has 2 rings (SSSR count). The second-order valence-electron chi connectivity index (χ2n) is 5.57. The number of thiophene rings is 1. The Bertz CT molecular complexity index is 313. The molecule has 0 bridgehead atoms. The van der Waals surface area contributed by atoms with Crippen LogP contribution in [0.2, 0.25) is 0 Å². The van der Waals surface area contributed by atoms with E-state index < -0.39 is 0 Å². The van der Waals surface area contributed by atoms with Crippen LogP contribution in [0.1, 0.15) is 37.5 Å². The second-order valence-corrected chi connectivity index (χ2v) is 6.60. The van der Waals surface area contributed by atoms with Gasteiger partial charge in [0.25, 0.3) is 0 Å². The number of hydrogen-bond acceptors (Lipinski definition) is 3. The van der Waals surface area contributed by atoms with Crippen molar-refractivity contribution in [1.82, 2.24) is 5.32 Å². The van der Waals surface area contributed by atoms with Gasteiger partial charge in [-0.2, -0.15) is 0 Å². The van der Waals surface area contributed by atoms with Gasteiger partial charge >= 0.3 is 0 Å². The molecule has 0 unspecified atom stereocenters. The molecule has 1 aliphatic rings. The van der Waals surface area contributed by atoms with E-state index >= 15 is 0 Å². The summed E-state index contributed by atoms with van der Waals surface area (Å²) in [6, 6.07) is 4.30. The van der Waals surface area contributed by atoms with Crippen LogP contribution in [0.15, 0.2) is 17.5 Å². The predicted octanol–water partition coefficient (Wildman–Crippen LogP) is 2.99. The first kappa shape index (κ1) is 13.1. The van der Waals surface area contributed by atoms with Crippen LogP contribution in [-0.4, -0.2) is 13.1 Å². The largest absolute Gasteiger partial charge is 0.330 e. The van der Waals surface area contributed by atoms with Crippen molar-refractivity contribution in [3.63, 3.8) is 0 Å². The molecule has 1 fully saturated rings. The summed E-state index contributed by atoms with van der Waals surface area (Å²) in [5.74, 6) is 0.895. The van der Waals surface area contributed by atoms with Gasteiger partial charge in [-0.05, 0) is 42.2 Å². The predicted molar refractivity (Wildman–Crippen MR) is 75.1 cm³/mol. The van der Waals surface area contributed by atoms with Gasteiger partial charge in [-0.3, -0.25) is 0 Å². The van der Waals surface area contributed by atoms with Crippen molar-refractivity contribution in [3.05, 3.63) is 22.4 Å². The third-order valence-corrected chi connectivity index (χ3v) is 5.02. The Morgan fingerprint density at radius 1 is 1.47 bits per heavy atom. The molecule has 3 N–H and O–H groups in total. The third kappa shape index (κ3) is 3.54. The van der Waals surface area contributed by atoms with E-state index in [4.69, 9.17) is 5.73 Å². The van der Waals surface area contributed by atoms with Gasteiger partial charge in [-0.1, -0.05) is 25.8 Å². The molecule has 96 valence electrons. The summed E-state index contributed by atoms with van der Waals surface area (Å²) in [6.07, 6.45) is 5.28. The number of nitrogens with one attached hydrogen (secondary N) is 1. The van der Waals surface area contributed by atoms with Gasteiger partial charge in [-0.15, -0.1) is 11.3 Å². The standard InChI is InChI=1S/C14H24N2S/c1-12-4-6-14(10-15,7-5-12)11-16-9-13-3-2-8-17-13/h2-3,8,12,16H,4-7,9-11,15H2,1H3. The maximum absolute atomic E-state index is 6.01. The van der Waals surface area contributed by atoms with Crippen molar-refractivity contribution in [2.75, 3.05) is 13.1 Å². The molecule has 0 radical (unpaired) electrons. The molecule has 0 saturated heterocycles. The molecule has 17 heavy (non-hydrogen) atoms. The lowest BCUT2D eigenvalue weighted by molar-refractivity contribution is 0.159. The van der Waals surface area contributed by atoms with Gasteiger partial charge in [0.05, 0.1) is 0 Å². The van der Waals surface area contributed by atoms with E-state index in [1.54, 1.807) is 0 Å². The molecule has 0 aromatic carbocycles. The van der Waals surface area contributed by atoms with E-state index in [-0.39, 0.29) is 0 Å². The van der Waals surface area contributed by atoms with Crippen molar-refractivity contribution < 1.29 is 0 Å². The fourth-order valence-electron chi connectivity index (χ4n) is 2.69. The van der Waals surface area contributed by atoms with Crippen molar-refractivity contribution >= 4 is 11.3 Å². The maximum Gasteiger partial charge on any atom is 0.0299 e. The molecule has 0 spiro atoms. The average molecular weight is 252 g/mol. The van der Waals surface area contributed by atoms with Gasteiger partial charge in [0.1, 0.15) is 0 Å². The highest BCUT2D eigenvalue weighted by Gasteiger charge is 2.32. The van der Waals surface area contributed by atoms with Crippen LogP contribution in [0.5, 0.6) is 0 Å². The zero-order valence-electron chi connectivity index (χ0n) is 10.7. The molecule has 1 saturated carbocycles. The minimum Gasteiger partial charge on any atom is -0.330 e. The first-order valence-corrected chi connectivity index (χ1v) is 7.55. The fraction of sp³-hybridized carbons (Fsp3) is 0.714. The van der Waals surface area contributed by atoms with Crippen LogP contribution in [0, 0.1) is 11.3 Å². The van der Waals surface area contributed by atoms with Crippen LogP contribution >= 0.6 is 11.3 Å². The Balaban J connectivity index is 1.79. The first-order chi connectivity index (χ1) is 8.24. The van der Waals surface area contributed by atoms with Crippen molar-refractivity contribution in [2.24, 2.45) is 17.1 Å². The Morgan fingerprint density at radius 3 is 2.82 bits per heavy atom. The van der Waals surface area contributed by atoms with E-state index in [2.05, 4.69) is 29.8 Å². The minimum atomic E-state index is 0.365. The Kier molecular flexibility index (Phi) is 4.60. The number of rotatable bonds is 5. The highest BCUT2D eigenvalue weighted by Crippen LogP contribution is 2.37. The Hall–Kier alpha value is -0.380. The molecule has 1 aliphatic carbocycles. The fourth-order valence-corrected chi connectivity index (χ4v) is 3.37. The van der Waals surface area contributed by atoms with Gasteiger partial charge in [-0.25, -0.2) is 0 Å². The normalized spacial score (nSPS) is 29.4. The molecule has 1 aromatic heterocycles. The topological polar surface area (TPSA) is 38.0 Å². The molecule has 2 nitrogen and oxygen atoms in total. The molecule has 1 aromatic rings. The van der Waals surface area contributed by atoms with Crippen LogP contribution in [0.4, 0.5) is 0 Å². The highest BCUT2D eigenvalue weighted by molar-refractivity contribution is 7.09. The summed E-state index contributed by atoms with van der Waals surface area (Å²) >= 11 is 1.82. The van der Waals surface area contributed by atoms with E-state index in [9.17, 15) is 0 Å². The van der Waals surface area contributed by atoms with Gasteiger partial charge < -0.3 is 11.1 Å². The molecule has 1 heterocycles. The zero-order valence-corrected chi connectivity index (χ0v) is 11.6. The van der Waals surface area contributed by atoms with Gasteiger partial charge in [0.15, 0.2) is 0 Å². The molecule has 0 atom stereocenters. The molecular formula is C14H24N2S. The molecule has 0 aliphatic heterocycles. The van der Waals surface area contributed by atoms with Gasteiger partial charge in [0, 0.05) is 18.0 Å². The average Bonchev–Trinajstić information content (AvgIpc) is 2.85. The SMILES string of the molecule is CC1CCC(CN)(CNCc2cccs2)CC1. The summed E-state index contributed by atoms with van der Waals surface area (Å²) < 4.78 is 0. The van der Waals surface area contributed by atoms with Crippen LogP contribution < -0.4 is 11.1 Å². The van der Waals surface area contributed by atoms with E-state index in [1.165, 1.54) is 30.6 Å². The Labute approximate surface area is 109 Å². The van der Waals surface area contributed by atoms with E-state index in [0.29, 0.717) is 5.41 Å². The monoisotopic (exact) mass is 252 g/mol. The lowest BCUT2D eigenvalue weighted by Crippen LogP contribution is -2.42. The summed E-state index contributed by atoms with van der Waals surface area (Å²) in [7, 11) is 0. The number of nitrogens with two attached hydrogens (primary N) is 1. The lowest BCUT2D eigenvalue weighted by Gasteiger charge is -2.38. The van der Waals surface area contributed by atoms with Crippen molar-refractivity contribution in [2.45, 2.75) is 39.2 Å². The molecule has 0 amide bonds. The van der Waals surface area contributed by atoms with E-state index in [1.807, 2.05) is 11.3 Å². The number of hydrogen-bond donors (Lipinski definition) is 2. The van der Waals surface area contributed by atoms with E-state index in [0.717, 1.165) is 25.6 Å². The lowest BCUT2D eigenvalue weighted by atomic mass is 9.71. The first-order valence-electron chi connectivity index (χ1n) is 6.67. The summed E-state index contributed by atoms with van der Waals surface area (Å²) in [4.78, 5) is 1.42. The van der Waals surface area contributed by atoms with Crippen molar-refractivity contribution in [1.29, 1.82) is 0 Å². The van der Waals surface area contributed by atoms with Crippen LogP contribution in [-0.2, 0) is 6.54 Å². The summed E-state index contributed by atoms with van der Waals surface area (Å²) in [6.45, 7) is 5.26. The summed E-state index contributed by atoms with van der Waals surface area (Å²) in [5, 5.41) is 5.73. The van der Waals surface area contributed by atoms with Crippen LogP contribution in [0.3, 0.4) is 0 Å². The smallest absolute Gasteiger partial charge is 0.0299 e. The third-order valence-electron chi connectivity index (χ3n) is 4.15. The minimum absolute atomic E-state index is 0.365. The van der Waals surface area contributed by atoms with Gasteiger partial charge in [0.2, 0.25) is 0 Å². The van der Waals surface area contributed by atoms with Crippen LogP contribution in [0.25, 0.3) is 0 Å². The maximum atomic E-state index is 6.01. The summed E-state index contributed by atoms with van der Waals surface area (Å²) in [5.41, 5.74) is 6.37. The Morgan fingerprint density at radius 2 is 2.24 bits per heavy atom.